The average Bonchev–Trinajstić information content (AvgIpc) is 2.28. The van der Waals surface area contributed by atoms with Gasteiger partial charge >= 0.3 is 0 Å². The lowest BCUT2D eigenvalue weighted by molar-refractivity contribution is -0.124. The molecule has 0 aromatic heterocycles. The highest BCUT2D eigenvalue weighted by molar-refractivity contribution is 5.59. The Bertz CT molecular complexity index is 185. The van der Waals surface area contributed by atoms with Gasteiger partial charge in [0.15, 0.2) is 0 Å². The van der Waals surface area contributed by atoms with E-state index in [0.29, 0.717) is 32.8 Å². The lowest BCUT2D eigenvalue weighted by Gasteiger charge is -2.25. The van der Waals surface area contributed by atoms with Crippen molar-refractivity contribution >= 4 is 6.29 Å². The van der Waals surface area contributed by atoms with Crippen molar-refractivity contribution < 1.29 is 14.3 Å². The summed E-state index contributed by atoms with van der Waals surface area (Å²) in [7, 11) is 0. The van der Waals surface area contributed by atoms with Gasteiger partial charge in [0, 0.05) is 0 Å². The van der Waals surface area contributed by atoms with Crippen molar-refractivity contribution in [1.29, 1.82) is 0 Å². The van der Waals surface area contributed by atoms with Gasteiger partial charge in [0.1, 0.15) is 6.29 Å². The zero-order valence-corrected chi connectivity index (χ0v) is 9.41. The molecule has 0 aliphatic heterocycles. The molecular formula is C12H20O3. The zero-order valence-electron chi connectivity index (χ0n) is 9.41. The summed E-state index contributed by atoms with van der Waals surface area (Å²) < 4.78 is 10.6. The van der Waals surface area contributed by atoms with E-state index in [0.717, 1.165) is 6.29 Å². The van der Waals surface area contributed by atoms with Crippen LogP contribution in [0.3, 0.4) is 0 Å². The maximum Gasteiger partial charge on any atom is 0.130 e. The number of hydrogen-bond donors (Lipinski definition) is 0. The monoisotopic (exact) mass is 212 g/mol. The first kappa shape index (κ1) is 14.1. The lowest BCUT2D eigenvalue weighted by atomic mass is 9.89. The van der Waals surface area contributed by atoms with Crippen LogP contribution in [-0.2, 0) is 14.3 Å². The highest BCUT2D eigenvalue weighted by Crippen LogP contribution is 2.20. The van der Waals surface area contributed by atoms with E-state index in [9.17, 15) is 4.79 Å². The minimum absolute atomic E-state index is 0.371. The van der Waals surface area contributed by atoms with Crippen LogP contribution < -0.4 is 0 Å². The molecule has 0 radical (unpaired) electrons. The molecule has 3 heteroatoms. The van der Waals surface area contributed by atoms with Crippen molar-refractivity contribution in [2.75, 3.05) is 26.4 Å². The van der Waals surface area contributed by atoms with Gasteiger partial charge in [-0.15, -0.1) is 13.2 Å². The topological polar surface area (TPSA) is 35.5 Å². The summed E-state index contributed by atoms with van der Waals surface area (Å²) in [5.41, 5.74) is -0.536. The van der Waals surface area contributed by atoms with Crippen LogP contribution in [0.5, 0.6) is 0 Å². The lowest BCUT2D eigenvalue weighted by Crippen LogP contribution is -2.33. The molecule has 0 aromatic carbocycles. The highest BCUT2D eigenvalue weighted by Gasteiger charge is 2.28. The summed E-state index contributed by atoms with van der Waals surface area (Å²) in [6.45, 7) is 10.7. The maximum absolute atomic E-state index is 11.0. The van der Waals surface area contributed by atoms with Crippen LogP contribution in [-0.4, -0.2) is 32.7 Å². The van der Waals surface area contributed by atoms with Crippen molar-refractivity contribution in [3.63, 3.8) is 0 Å². The van der Waals surface area contributed by atoms with Gasteiger partial charge < -0.3 is 14.3 Å². The van der Waals surface area contributed by atoms with Gasteiger partial charge in [0.05, 0.1) is 31.8 Å². The smallest absolute Gasteiger partial charge is 0.130 e. The molecule has 86 valence electrons. The fourth-order valence-electron chi connectivity index (χ4n) is 1.09. The molecule has 0 rings (SSSR count). The Morgan fingerprint density at radius 1 is 1.13 bits per heavy atom. The van der Waals surface area contributed by atoms with Crippen LogP contribution in [0.15, 0.2) is 25.3 Å². The van der Waals surface area contributed by atoms with Crippen molar-refractivity contribution in [2.24, 2.45) is 5.41 Å². The minimum Gasteiger partial charge on any atom is -0.376 e. The molecule has 0 N–H and O–H groups in total. The molecule has 0 aliphatic carbocycles. The Hall–Kier alpha value is -0.930. The second-order valence-electron chi connectivity index (χ2n) is 3.44. The summed E-state index contributed by atoms with van der Waals surface area (Å²) in [5.74, 6) is 0. The third-order valence-corrected chi connectivity index (χ3v) is 2.20. The average molecular weight is 212 g/mol. The second-order valence-corrected chi connectivity index (χ2v) is 3.44. The molecule has 0 unspecified atom stereocenters. The van der Waals surface area contributed by atoms with Crippen LogP contribution >= 0.6 is 0 Å². The Labute approximate surface area is 91.8 Å². The first-order chi connectivity index (χ1) is 7.24. The van der Waals surface area contributed by atoms with E-state index in [2.05, 4.69) is 13.2 Å². The molecule has 0 saturated carbocycles. The van der Waals surface area contributed by atoms with Gasteiger partial charge in [0.25, 0.3) is 0 Å². The minimum atomic E-state index is -0.536. The predicted molar refractivity (Wildman–Crippen MR) is 60.8 cm³/mol. The molecule has 0 amide bonds. The number of ether oxygens (including phenoxy) is 2. The van der Waals surface area contributed by atoms with E-state index in [4.69, 9.17) is 9.47 Å². The molecule has 0 fully saturated rings. The standard InChI is InChI=1S/C12H20O3/c1-4-7-14-10-12(6-3,9-13)11-15-8-5-2/h4-5,9H,1-2,6-8,10-11H2,3H3. The number of aldehydes is 1. The van der Waals surface area contributed by atoms with E-state index in [1.54, 1.807) is 12.2 Å². The molecule has 15 heavy (non-hydrogen) atoms. The van der Waals surface area contributed by atoms with Crippen molar-refractivity contribution in [1.82, 2.24) is 0 Å². The summed E-state index contributed by atoms with van der Waals surface area (Å²) >= 11 is 0. The summed E-state index contributed by atoms with van der Waals surface area (Å²) in [6, 6.07) is 0. The number of carbonyl (C=O) groups is 1. The van der Waals surface area contributed by atoms with Crippen LogP contribution in [0.25, 0.3) is 0 Å². The van der Waals surface area contributed by atoms with Gasteiger partial charge in [-0.2, -0.15) is 0 Å². The summed E-state index contributed by atoms with van der Waals surface area (Å²) in [6.07, 6.45) is 4.94. The van der Waals surface area contributed by atoms with Gasteiger partial charge in [-0.05, 0) is 6.42 Å². The third kappa shape index (κ3) is 5.50. The number of carbonyl (C=O) groups excluding carboxylic acids is 1. The third-order valence-electron chi connectivity index (χ3n) is 2.20. The fraction of sp³-hybridized carbons (Fsp3) is 0.583. The van der Waals surface area contributed by atoms with E-state index >= 15 is 0 Å². The Morgan fingerprint density at radius 2 is 1.60 bits per heavy atom. The SMILES string of the molecule is C=CCOCC(C=O)(CC)COCC=C. The molecule has 0 atom stereocenters. The molecule has 0 aliphatic rings. The van der Waals surface area contributed by atoms with Crippen molar-refractivity contribution in [3.8, 4) is 0 Å². The first-order valence-corrected chi connectivity index (χ1v) is 5.08. The predicted octanol–water partition coefficient (Wildman–Crippen LogP) is 1.99. The Balaban J connectivity index is 4.09. The van der Waals surface area contributed by atoms with Crippen LogP contribution in [0, 0.1) is 5.41 Å². The van der Waals surface area contributed by atoms with Crippen LogP contribution in [0.4, 0.5) is 0 Å². The van der Waals surface area contributed by atoms with E-state index < -0.39 is 5.41 Å². The fourth-order valence-corrected chi connectivity index (χ4v) is 1.09. The first-order valence-electron chi connectivity index (χ1n) is 5.08. The molecular weight excluding hydrogens is 192 g/mol. The van der Waals surface area contributed by atoms with Gasteiger partial charge in [-0.3, -0.25) is 0 Å². The molecule has 0 aromatic rings. The van der Waals surface area contributed by atoms with Gasteiger partial charge in [-0.25, -0.2) is 0 Å². The quantitative estimate of drug-likeness (QED) is 0.315. The second kappa shape index (κ2) is 8.38. The van der Waals surface area contributed by atoms with E-state index in [-0.39, 0.29) is 0 Å². The van der Waals surface area contributed by atoms with E-state index in [1.165, 1.54) is 0 Å². The molecule has 0 heterocycles. The Morgan fingerprint density at radius 3 is 1.87 bits per heavy atom. The van der Waals surface area contributed by atoms with Gasteiger partial charge in [0.2, 0.25) is 0 Å². The van der Waals surface area contributed by atoms with Crippen LogP contribution in [0.2, 0.25) is 0 Å². The Kier molecular flexibility index (Phi) is 7.86. The molecule has 3 nitrogen and oxygen atoms in total. The van der Waals surface area contributed by atoms with Crippen LogP contribution in [0.1, 0.15) is 13.3 Å². The highest BCUT2D eigenvalue weighted by atomic mass is 16.5. The normalized spacial score (nSPS) is 11.0. The van der Waals surface area contributed by atoms with Crippen molar-refractivity contribution in [3.05, 3.63) is 25.3 Å². The number of hydrogen-bond acceptors (Lipinski definition) is 3. The molecule has 0 bridgehead atoms. The van der Waals surface area contributed by atoms with Gasteiger partial charge in [-0.1, -0.05) is 19.1 Å². The summed E-state index contributed by atoms with van der Waals surface area (Å²) in [4.78, 5) is 11.0. The van der Waals surface area contributed by atoms with Crippen molar-refractivity contribution in [2.45, 2.75) is 13.3 Å². The molecule has 0 saturated heterocycles. The largest absolute Gasteiger partial charge is 0.376 e. The number of rotatable bonds is 10. The molecule has 0 spiro atoms. The zero-order chi connectivity index (χ0) is 11.6. The van der Waals surface area contributed by atoms with E-state index in [1.807, 2.05) is 6.92 Å². The maximum atomic E-state index is 11.0. The summed E-state index contributed by atoms with van der Waals surface area (Å²) in [5, 5.41) is 0.